The molecular weight excluding hydrogens is 161 g/mol. The number of alkyl halides is 1. The second-order valence-electron chi connectivity index (χ2n) is 3.32. The minimum atomic E-state index is -1.03. The van der Waals surface area contributed by atoms with Gasteiger partial charge in [-0.05, 0) is 20.8 Å². The largest absolute Gasteiger partial charge is 0.447 e. The van der Waals surface area contributed by atoms with E-state index in [-0.39, 0.29) is 12.6 Å². The Morgan fingerprint density at radius 3 is 2.50 bits per heavy atom. The zero-order chi connectivity index (χ0) is 9.30. The third-order valence-corrected chi connectivity index (χ3v) is 2.03. The Morgan fingerprint density at radius 1 is 1.58 bits per heavy atom. The highest BCUT2D eigenvalue weighted by Crippen LogP contribution is 2.19. The van der Waals surface area contributed by atoms with E-state index in [1.165, 1.54) is 11.8 Å². The fourth-order valence-electron chi connectivity index (χ4n) is 1.39. The zero-order valence-electron chi connectivity index (χ0n) is 7.58. The Bertz CT molecular complexity index is 182. The first-order valence-corrected chi connectivity index (χ1v) is 4.13. The normalized spacial score (nSPS) is 26.2. The van der Waals surface area contributed by atoms with Gasteiger partial charge in [-0.25, -0.2) is 9.18 Å². The van der Waals surface area contributed by atoms with E-state index in [2.05, 4.69) is 0 Å². The maximum Gasteiger partial charge on any atom is 0.410 e. The molecule has 0 aromatic rings. The van der Waals surface area contributed by atoms with Crippen molar-refractivity contribution < 1.29 is 13.9 Å². The Balaban J connectivity index is 2.70. The zero-order valence-corrected chi connectivity index (χ0v) is 7.58. The predicted molar refractivity (Wildman–Crippen MR) is 42.7 cm³/mol. The number of rotatable bonds is 2. The number of hydrogen-bond acceptors (Lipinski definition) is 2. The van der Waals surface area contributed by atoms with Gasteiger partial charge in [0.1, 0.15) is 18.8 Å². The van der Waals surface area contributed by atoms with Gasteiger partial charge in [-0.15, -0.1) is 0 Å². The lowest BCUT2D eigenvalue weighted by Gasteiger charge is -2.25. The highest BCUT2D eigenvalue weighted by Gasteiger charge is 2.38. The number of ether oxygens (including phenoxy) is 1. The summed E-state index contributed by atoms with van der Waals surface area (Å²) < 4.78 is 17.7. The molecule has 0 aliphatic carbocycles. The minimum Gasteiger partial charge on any atom is -0.447 e. The van der Waals surface area contributed by atoms with Crippen LogP contribution in [0.25, 0.3) is 0 Å². The van der Waals surface area contributed by atoms with Crippen LogP contribution >= 0.6 is 0 Å². The number of carbonyl (C=O) groups is 1. The van der Waals surface area contributed by atoms with Crippen LogP contribution in [0.5, 0.6) is 0 Å². The molecule has 2 unspecified atom stereocenters. The summed E-state index contributed by atoms with van der Waals surface area (Å²) >= 11 is 0. The number of nitrogens with zero attached hydrogens (tertiary/aromatic N) is 1. The highest BCUT2D eigenvalue weighted by molar-refractivity contribution is 5.70. The maximum absolute atomic E-state index is 12.9. The summed E-state index contributed by atoms with van der Waals surface area (Å²) in [5, 5.41) is 0. The van der Waals surface area contributed by atoms with Crippen molar-refractivity contribution in [3.63, 3.8) is 0 Å². The molecule has 0 aromatic heterocycles. The SMILES string of the molecule is CC(F)C1COC(=O)N1C(C)C. The molecule has 4 heteroatoms. The molecule has 1 amide bonds. The lowest BCUT2D eigenvalue weighted by atomic mass is 10.1. The van der Waals surface area contributed by atoms with Crippen molar-refractivity contribution in [2.45, 2.75) is 39.0 Å². The summed E-state index contributed by atoms with van der Waals surface area (Å²) in [6, 6.07) is -0.402. The minimum absolute atomic E-state index is 0.00296. The molecule has 2 atom stereocenters. The van der Waals surface area contributed by atoms with E-state index in [0.29, 0.717) is 0 Å². The fourth-order valence-corrected chi connectivity index (χ4v) is 1.39. The first kappa shape index (κ1) is 9.29. The van der Waals surface area contributed by atoms with E-state index in [1.807, 2.05) is 13.8 Å². The Morgan fingerprint density at radius 2 is 2.17 bits per heavy atom. The molecule has 1 aliphatic rings. The van der Waals surface area contributed by atoms with Crippen LogP contribution in [0.3, 0.4) is 0 Å². The van der Waals surface area contributed by atoms with Gasteiger partial charge in [0.05, 0.1) is 0 Å². The first-order chi connectivity index (χ1) is 5.54. The van der Waals surface area contributed by atoms with Gasteiger partial charge < -0.3 is 4.74 Å². The summed E-state index contributed by atoms with van der Waals surface area (Å²) in [5.74, 6) is 0. The molecule has 0 bridgehead atoms. The maximum atomic E-state index is 12.9. The number of amides is 1. The van der Waals surface area contributed by atoms with E-state index >= 15 is 0 Å². The lowest BCUT2D eigenvalue weighted by Crippen LogP contribution is -2.43. The smallest absolute Gasteiger partial charge is 0.410 e. The van der Waals surface area contributed by atoms with Gasteiger partial charge in [0.25, 0.3) is 0 Å². The van der Waals surface area contributed by atoms with Crippen LogP contribution in [0.1, 0.15) is 20.8 Å². The topological polar surface area (TPSA) is 29.5 Å². The molecule has 0 spiro atoms. The van der Waals surface area contributed by atoms with Gasteiger partial charge in [-0.2, -0.15) is 0 Å². The van der Waals surface area contributed by atoms with E-state index in [4.69, 9.17) is 4.74 Å². The van der Waals surface area contributed by atoms with Crippen LogP contribution in [0.15, 0.2) is 0 Å². The molecule has 70 valence electrons. The van der Waals surface area contributed by atoms with Gasteiger partial charge >= 0.3 is 6.09 Å². The van der Waals surface area contributed by atoms with Gasteiger partial charge in [-0.3, -0.25) is 4.90 Å². The summed E-state index contributed by atoms with van der Waals surface area (Å²) in [6.45, 7) is 5.32. The molecule has 1 aliphatic heterocycles. The Kier molecular flexibility index (Phi) is 2.55. The van der Waals surface area contributed by atoms with Crippen molar-refractivity contribution in [3.05, 3.63) is 0 Å². The second-order valence-corrected chi connectivity index (χ2v) is 3.32. The fraction of sp³-hybridized carbons (Fsp3) is 0.875. The van der Waals surface area contributed by atoms with E-state index in [9.17, 15) is 9.18 Å². The van der Waals surface area contributed by atoms with E-state index in [1.54, 1.807) is 0 Å². The van der Waals surface area contributed by atoms with Crippen molar-refractivity contribution in [2.24, 2.45) is 0 Å². The molecule has 0 aromatic carbocycles. The van der Waals surface area contributed by atoms with Crippen molar-refractivity contribution in [1.82, 2.24) is 4.90 Å². The number of cyclic esters (lactones) is 1. The van der Waals surface area contributed by atoms with Crippen LogP contribution in [-0.4, -0.2) is 35.9 Å². The number of carbonyl (C=O) groups excluding carboxylic acids is 1. The molecule has 0 N–H and O–H groups in total. The second kappa shape index (κ2) is 3.29. The van der Waals surface area contributed by atoms with Crippen LogP contribution in [-0.2, 0) is 4.74 Å². The predicted octanol–water partition coefficient (Wildman–Crippen LogP) is 1.57. The highest BCUT2D eigenvalue weighted by atomic mass is 19.1. The van der Waals surface area contributed by atoms with Gasteiger partial charge in [0, 0.05) is 6.04 Å². The lowest BCUT2D eigenvalue weighted by molar-refractivity contribution is 0.138. The quantitative estimate of drug-likeness (QED) is 0.637. The van der Waals surface area contributed by atoms with Crippen molar-refractivity contribution in [1.29, 1.82) is 0 Å². The third-order valence-electron chi connectivity index (χ3n) is 2.03. The molecule has 0 radical (unpaired) electrons. The number of halogens is 1. The monoisotopic (exact) mass is 175 g/mol. The summed E-state index contributed by atoms with van der Waals surface area (Å²) in [6.07, 6.45) is -1.43. The van der Waals surface area contributed by atoms with Crippen LogP contribution < -0.4 is 0 Å². The molecule has 3 nitrogen and oxygen atoms in total. The average molecular weight is 175 g/mol. The molecule has 1 saturated heterocycles. The van der Waals surface area contributed by atoms with Gasteiger partial charge in [0.15, 0.2) is 0 Å². The molecule has 0 saturated carbocycles. The van der Waals surface area contributed by atoms with Crippen molar-refractivity contribution in [2.75, 3.05) is 6.61 Å². The summed E-state index contributed by atoms with van der Waals surface area (Å²) in [5.41, 5.74) is 0. The molecule has 1 fully saturated rings. The molecular formula is C8H14FNO2. The first-order valence-electron chi connectivity index (χ1n) is 4.13. The summed E-state index contributed by atoms with van der Waals surface area (Å²) in [4.78, 5) is 12.5. The molecule has 12 heavy (non-hydrogen) atoms. The van der Waals surface area contributed by atoms with Gasteiger partial charge in [-0.1, -0.05) is 0 Å². The number of hydrogen-bond donors (Lipinski definition) is 0. The van der Waals surface area contributed by atoms with Crippen molar-refractivity contribution >= 4 is 6.09 Å². The van der Waals surface area contributed by atoms with Gasteiger partial charge in [0.2, 0.25) is 0 Å². The van der Waals surface area contributed by atoms with Crippen LogP contribution in [0.2, 0.25) is 0 Å². The Labute approximate surface area is 71.5 Å². The van der Waals surface area contributed by atoms with Crippen LogP contribution in [0, 0.1) is 0 Å². The molecule has 1 rings (SSSR count). The van der Waals surface area contributed by atoms with E-state index in [0.717, 1.165) is 0 Å². The third kappa shape index (κ3) is 1.52. The van der Waals surface area contributed by atoms with Crippen molar-refractivity contribution in [3.8, 4) is 0 Å². The average Bonchev–Trinajstić information content (AvgIpc) is 2.30. The van der Waals surface area contributed by atoms with Crippen LogP contribution in [0.4, 0.5) is 9.18 Å². The molecule has 1 heterocycles. The van der Waals surface area contributed by atoms with E-state index < -0.39 is 18.3 Å². The Hall–Kier alpha value is -0.800. The standard InChI is InChI=1S/C8H14FNO2/c1-5(2)10-7(6(3)9)4-12-8(10)11/h5-7H,4H2,1-3H3. The summed E-state index contributed by atoms with van der Waals surface area (Å²) in [7, 11) is 0.